The quantitative estimate of drug-likeness (QED) is 0.579. The molecule has 2 aromatic carbocycles. The molecular weight excluding hydrogens is 288 g/mol. The van der Waals surface area contributed by atoms with Crippen molar-refractivity contribution in [2.24, 2.45) is 5.92 Å². The molecule has 1 saturated carbocycles. The molecule has 122 valence electrons. The van der Waals surface area contributed by atoms with Crippen LogP contribution >= 0.6 is 0 Å². The Bertz CT molecular complexity index is 798. The van der Waals surface area contributed by atoms with Crippen molar-refractivity contribution in [1.29, 1.82) is 0 Å². The van der Waals surface area contributed by atoms with E-state index < -0.39 is 0 Å². The fourth-order valence-electron chi connectivity index (χ4n) is 4.08. The Labute approximate surface area is 145 Å². The van der Waals surface area contributed by atoms with E-state index in [2.05, 4.69) is 68.5 Å². The van der Waals surface area contributed by atoms with Crippen LogP contribution in [0.4, 0.5) is 0 Å². The summed E-state index contributed by atoms with van der Waals surface area (Å²) in [6, 6.07) is 15.8. The first-order chi connectivity index (χ1) is 11.7. The first kappa shape index (κ1) is 15.4. The molecule has 0 nitrogen and oxygen atoms in total. The summed E-state index contributed by atoms with van der Waals surface area (Å²) in [6.45, 7) is 4.45. The van der Waals surface area contributed by atoms with Crippen molar-refractivity contribution in [3.05, 3.63) is 76.9 Å². The van der Waals surface area contributed by atoms with Crippen LogP contribution in [-0.4, -0.2) is 0 Å². The van der Waals surface area contributed by atoms with Gasteiger partial charge in [0, 0.05) is 0 Å². The molecule has 24 heavy (non-hydrogen) atoms. The Kier molecular flexibility index (Phi) is 4.14. The van der Waals surface area contributed by atoms with Crippen LogP contribution in [0.5, 0.6) is 0 Å². The zero-order valence-corrected chi connectivity index (χ0v) is 14.8. The molecule has 0 atom stereocenters. The van der Waals surface area contributed by atoms with E-state index in [9.17, 15) is 0 Å². The highest BCUT2D eigenvalue weighted by Crippen LogP contribution is 2.42. The zero-order chi connectivity index (χ0) is 16.5. The van der Waals surface area contributed by atoms with Crippen molar-refractivity contribution in [3.63, 3.8) is 0 Å². The molecule has 0 spiro atoms. The van der Waals surface area contributed by atoms with Gasteiger partial charge in [0.1, 0.15) is 0 Å². The molecule has 0 aliphatic heterocycles. The maximum absolute atomic E-state index is 2.42. The van der Waals surface area contributed by atoms with E-state index >= 15 is 0 Å². The summed E-state index contributed by atoms with van der Waals surface area (Å²) in [4.78, 5) is 0. The van der Waals surface area contributed by atoms with Crippen LogP contribution in [0.25, 0.3) is 16.7 Å². The van der Waals surface area contributed by atoms with Gasteiger partial charge in [0.05, 0.1) is 0 Å². The van der Waals surface area contributed by atoms with Gasteiger partial charge in [-0.2, -0.15) is 0 Å². The van der Waals surface area contributed by atoms with Gasteiger partial charge in [0.2, 0.25) is 0 Å². The van der Waals surface area contributed by atoms with Crippen molar-refractivity contribution >= 4 is 5.57 Å². The number of hydrogen-bond donors (Lipinski definition) is 0. The predicted molar refractivity (Wildman–Crippen MR) is 104 cm³/mol. The molecule has 0 heterocycles. The third kappa shape index (κ3) is 2.75. The smallest absolute Gasteiger partial charge is 0.0149 e. The molecule has 4 rings (SSSR count). The summed E-state index contributed by atoms with van der Waals surface area (Å²) in [5, 5.41) is 0. The fraction of sp³-hybridized carbons (Fsp3) is 0.333. The predicted octanol–water partition coefficient (Wildman–Crippen LogP) is 6.87. The van der Waals surface area contributed by atoms with Crippen molar-refractivity contribution in [2.45, 2.75) is 46.0 Å². The maximum Gasteiger partial charge on any atom is -0.0149 e. The lowest BCUT2D eigenvalue weighted by molar-refractivity contribution is 0.374. The summed E-state index contributed by atoms with van der Waals surface area (Å²) in [7, 11) is 0. The minimum Gasteiger partial charge on any atom is -0.0839 e. The largest absolute Gasteiger partial charge is 0.0839 e. The second-order valence-electron chi connectivity index (χ2n) is 7.35. The van der Waals surface area contributed by atoms with Crippen molar-refractivity contribution in [1.82, 2.24) is 0 Å². The van der Waals surface area contributed by atoms with Crippen LogP contribution in [0.1, 0.15) is 48.8 Å². The minimum absolute atomic E-state index is 0.805. The van der Waals surface area contributed by atoms with Gasteiger partial charge in [-0.1, -0.05) is 66.6 Å². The average molecular weight is 314 g/mol. The van der Waals surface area contributed by atoms with Gasteiger partial charge < -0.3 is 0 Å². The van der Waals surface area contributed by atoms with Crippen molar-refractivity contribution in [3.8, 4) is 11.1 Å². The van der Waals surface area contributed by atoms with E-state index in [0.29, 0.717) is 0 Å². The van der Waals surface area contributed by atoms with E-state index in [1.165, 1.54) is 59.9 Å². The van der Waals surface area contributed by atoms with Gasteiger partial charge in [-0.25, -0.2) is 0 Å². The first-order valence-corrected chi connectivity index (χ1v) is 9.30. The van der Waals surface area contributed by atoms with Crippen LogP contribution in [-0.2, 0) is 0 Å². The monoisotopic (exact) mass is 314 g/mol. The molecule has 0 saturated heterocycles. The Morgan fingerprint density at radius 1 is 0.875 bits per heavy atom. The number of allylic oxidation sites excluding steroid dienone is 4. The van der Waals surface area contributed by atoms with E-state index in [1.807, 2.05) is 0 Å². The van der Waals surface area contributed by atoms with Gasteiger partial charge in [-0.15, -0.1) is 0 Å². The van der Waals surface area contributed by atoms with Gasteiger partial charge in [0.25, 0.3) is 0 Å². The maximum atomic E-state index is 2.42. The Balaban J connectivity index is 1.81. The van der Waals surface area contributed by atoms with Gasteiger partial charge in [-0.3, -0.25) is 0 Å². The van der Waals surface area contributed by atoms with Gasteiger partial charge in [-0.05, 0) is 78.8 Å². The SMILES string of the molecule is Cc1ccc(-c2cccc(C3=C(C4CCC4)C=CCC3)c2C)cc1. The summed E-state index contributed by atoms with van der Waals surface area (Å²) < 4.78 is 0. The number of benzene rings is 2. The zero-order valence-electron chi connectivity index (χ0n) is 14.8. The van der Waals surface area contributed by atoms with Crippen LogP contribution in [0, 0.1) is 19.8 Å². The highest BCUT2D eigenvalue weighted by molar-refractivity contribution is 5.80. The fourth-order valence-corrected chi connectivity index (χ4v) is 4.08. The molecule has 2 aromatic rings. The summed E-state index contributed by atoms with van der Waals surface area (Å²) in [6.07, 6.45) is 11.3. The normalized spacial score (nSPS) is 17.9. The van der Waals surface area contributed by atoms with Crippen LogP contribution < -0.4 is 0 Å². The molecule has 0 N–H and O–H groups in total. The molecular formula is C24H26. The summed E-state index contributed by atoms with van der Waals surface area (Å²) in [5.41, 5.74) is 10.2. The highest BCUT2D eigenvalue weighted by atomic mass is 14.3. The number of rotatable bonds is 3. The molecule has 1 fully saturated rings. The number of aryl methyl sites for hydroxylation is 1. The van der Waals surface area contributed by atoms with Crippen LogP contribution in [0.15, 0.2) is 60.2 Å². The summed E-state index contributed by atoms with van der Waals surface area (Å²) >= 11 is 0. The third-order valence-electron chi connectivity index (χ3n) is 5.77. The topological polar surface area (TPSA) is 0 Å². The first-order valence-electron chi connectivity index (χ1n) is 9.30. The van der Waals surface area contributed by atoms with E-state index in [1.54, 1.807) is 11.1 Å². The van der Waals surface area contributed by atoms with Crippen molar-refractivity contribution < 1.29 is 0 Å². The lowest BCUT2D eigenvalue weighted by Gasteiger charge is -2.31. The molecule has 0 amide bonds. The lowest BCUT2D eigenvalue weighted by Crippen LogP contribution is -2.15. The van der Waals surface area contributed by atoms with Gasteiger partial charge >= 0.3 is 0 Å². The molecule has 0 aromatic heterocycles. The van der Waals surface area contributed by atoms with E-state index in [0.717, 1.165) is 5.92 Å². The second kappa shape index (κ2) is 6.43. The van der Waals surface area contributed by atoms with Gasteiger partial charge in [0.15, 0.2) is 0 Å². The standard InChI is InChI=1S/C24H26/c1-17-13-15-20(16-14-17)21-11-6-12-22(18(21)2)24-10-4-3-9-23(24)19-7-5-8-19/h3,6,9,11-16,19H,4-5,7-8,10H2,1-2H3. The van der Waals surface area contributed by atoms with Crippen LogP contribution in [0.3, 0.4) is 0 Å². The minimum atomic E-state index is 0.805. The average Bonchev–Trinajstić information content (AvgIpc) is 2.55. The van der Waals surface area contributed by atoms with Crippen LogP contribution in [0.2, 0.25) is 0 Å². The third-order valence-corrected chi connectivity index (χ3v) is 5.77. The lowest BCUT2D eigenvalue weighted by atomic mass is 9.74. The molecule has 2 aliphatic rings. The summed E-state index contributed by atoms with van der Waals surface area (Å²) in [5.74, 6) is 0.805. The number of hydrogen-bond acceptors (Lipinski definition) is 0. The Morgan fingerprint density at radius 2 is 1.62 bits per heavy atom. The van der Waals surface area contributed by atoms with E-state index in [-0.39, 0.29) is 0 Å². The second-order valence-corrected chi connectivity index (χ2v) is 7.35. The molecule has 0 unspecified atom stereocenters. The van der Waals surface area contributed by atoms with Crippen molar-refractivity contribution in [2.75, 3.05) is 0 Å². The molecule has 0 heteroatoms. The Morgan fingerprint density at radius 3 is 2.33 bits per heavy atom. The highest BCUT2D eigenvalue weighted by Gasteiger charge is 2.25. The molecule has 0 bridgehead atoms. The molecule has 0 radical (unpaired) electrons. The molecule has 2 aliphatic carbocycles. The Hall–Kier alpha value is -2.08. The van der Waals surface area contributed by atoms with E-state index in [4.69, 9.17) is 0 Å².